The predicted molar refractivity (Wildman–Crippen MR) is 83.9 cm³/mol. The summed E-state index contributed by atoms with van der Waals surface area (Å²) in [5, 5.41) is 0. The second-order valence-electron chi connectivity index (χ2n) is 6.91. The van der Waals surface area contributed by atoms with Crippen LogP contribution in [0.3, 0.4) is 0 Å². The van der Waals surface area contributed by atoms with Gasteiger partial charge in [0.05, 0.1) is 11.8 Å². The normalized spacial score (nSPS) is 19.1. The summed E-state index contributed by atoms with van der Waals surface area (Å²) in [6.07, 6.45) is -2.23. The quantitative estimate of drug-likeness (QED) is 0.752. The molecule has 3 rings (SSSR count). The summed E-state index contributed by atoms with van der Waals surface area (Å²) in [7, 11) is -3.88. The fourth-order valence-corrected chi connectivity index (χ4v) is 3.13. The third-order valence-electron chi connectivity index (χ3n) is 4.60. The van der Waals surface area contributed by atoms with Crippen molar-refractivity contribution in [3.63, 3.8) is 0 Å². The van der Waals surface area contributed by atoms with E-state index < -0.39 is 45.5 Å². The molecule has 2 fully saturated rings. The van der Waals surface area contributed by atoms with Crippen molar-refractivity contribution in [2.45, 2.75) is 37.8 Å². The molecule has 0 aromatic heterocycles. The Labute approximate surface area is 147 Å². The lowest BCUT2D eigenvalue weighted by Gasteiger charge is -2.21. The summed E-state index contributed by atoms with van der Waals surface area (Å²) in [6, 6.07) is 2.02. The average molecular weight is 395 g/mol. The van der Waals surface area contributed by atoms with E-state index in [4.69, 9.17) is 4.74 Å². The van der Waals surface area contributed by atoms with Gasteiger partial charge in [-0.25, -0.2) is 17.5 Å². The minimum atomic E-state index is -4.39. The SMILES string of the molecule is CS(=O)(=O)NC(=O)c1cc(C2CC2)c(OCC2(C(F)(F)F)CC2)cc1F. The molecule has 26 heavy (non-hydrogen) atoms. The van der Waals surface area contributed by atoms with Crippen molar-refractivity contribution in [3.8, 4) is 5.75 Å². The van der Waals surface area contributed by atoms with Gasteiger partial charge in [0.25, 0.3) is 5.91 Å². The molecule has 0 aliphatic heterocycles. The number of carbonyl (C=O) groups is 1. The average Bonchev–Trinajstić information content (AvgIpc) is 3.34. The summed E-state index contributed by atoms with van der Waals surface area (Å²) in [5.41, 5.74) is -1.96. The number of amides is 1. The van der Waals surface area contributed by atoms with Crippen LogP contribution >= 0.6 is 0 Å². The first kappa shape index (κ1) is 18.9. The monoisotopic (exact) mass is 395 g/mol. The molecule has 0 saturated heterocycles. The molecular weight excluding hydrogens is 378 g/mol. The van der Waals surface area contributed by atoms with Crippen molar-refractivity contribution in [1.29, 1.82) is 0 Å². The molecule has 2 saturated carbocycles. The number of halogens is 4. The Kier molecular flexibility index (Phi) is 4.45. The molecule has 1 aromatic rings. The van der Waals surface area contributed by atoms with Crippen LogP contribution in [0.4, 0.5) is 17.6 Å². The van der Waals surface area contributed by atoms with E-state index in [0.29, 0.717) is 5.56 Å². The Morgan fingerprint density at radius 2 is 1.92 bits per heavy atom. The van der Waals surface area contributed by atoms with Crippen molar-refractivity contribution in [3.05, 3.63) is 29.1 Å². The van der Waals surface area contributed by atoms with Gasteiger partial charge in [-0.2, -0.15) is 13.2 Å². The topological polar surface area (TPSA) is 72.5 Å². The number of benzene rings is 1. The molecule has 2 aliphatic rings. The summed E-state index contributed by atoms with van der Waals surface area (Å²) >= 11 is 0. The maximum absolute atomic E-state index is 14.3. The first-order valence-electron chi connectivity index (χ1n) is 7.97. The maximum atomic E-state index is 14.3. The minimum absolute atomic E-state index is 0.0311. The number of alkyl halides is 3. The molecule has 0 spiro atoms. The fraction of sp³-hybridized carbons (Fsp3) is 0.562. The molecule has 1 aromatic carbocycles. The summed E-state index contributed by atoms with van der Waals surface area (Å²) in [4.78, 5) is 11.9. The van der Waals surface area contributed by atoms with Crippen molar-refractivity contribution in [1.82, 2.24) is 4.72 Å². The predicted octanol–water partition coefficient (Wildman–Crippen LogP) is 3.11. The Balaban J connectivity index is 1.85. The zero-order valence-corrected chi connectivity index (χ0v) is 14.6. The molecule has 0 bridgehead atoms. The van der Waals surface area contributed by atoms with E-state index in [1.54, 1.807) is 4.72 Å². The highest BCUT2D eigenvalue weighted by atomic mass is 32.2. The molecule has 1 N–H and O–H groups in total. The third-order valence-corrected chi connectivity index (χ3v) is 5.15. The molecule has 0 unspecified atom stereocenters. The highest BCUT2D eigenvalue weighted by Gasteiger charge is 2.64. The molecule has 0 heterocycles. The summed E-state index contributed by atoms with van der Waals surface area (Å²) in [5.74, 6) is -2.26. The second kappa shape index (κ2) is 6.11. The summed E-state index contributed by atoms with van der Waals surface area (Å²) in [6.45, 7) is -0.607. The van der Waals surface area contributed by atoms with E-state index in [9.17, 15) is 30.8 Å². The van der Waals surface area contributed by atoms with Gasteiger partial charge < -0.3 is 4.74 Å². The lowest BCUT2D eigenvalue weighted by Crippen LogP contribution is -2.31. The first-order chi connectivity index (χ1) is 11.9. The van der Waals surface area contributed by atoms with Gasteiger partial charge in [0.15, 0.2) is 0 Å². The molecule has 1 amide bonds. The number of nitrogens with one attached hydrogen (secondary N) is 1. The second-order valence-corrected chi connectivity index (χ2v) is 8.66. The third kappa shape index (κ3) is 3.94. The van der Waals surface area contributed by atoms with Gasteiger partial charge in [-0.3, -0.25) is 4.79 Å². The van der Waals surface area contributed by atoms with Crippen molar-refractivity contribution in [2.75, 3.05) is 12.9 Å². The van der Waals surface area contributed by atoms with E-state index >= 15 is 0 Å². The van der Waals surface area contributed by atoms with Crippen molar-refractivity contribution in [2.24, 2.45) is 5.41 Å². The van der Waals surface area contributed by atoms with Crippen molar-refractivity contribution >= 4 is 15.9 Å². The van der Waals surface area contributed by atoms with Gasteiger partial charge in [-0.15, -0.1) is 0 Å². The fourth-order valence-electron chi connectivity index (χ4n) is 2.68. The van der Waals surface area contributed by atoms with Crippen LogP contribution in [0.25, 0.3) is 0 Å². The Hall–Kier alpha value is -1.84. The van der Waals surface area contributed by atoms with Crippen LogP contribution in [-0.2, 0) is 10.0 Å². The van der Waals surface area contributed by atoms with E-state index in [2.05, 4.69) is 0 Å². The zero-order valence-electron chi connectivity index (χ0n) is 13.8. The van der Waals surface area contributed by atoms with Crippen LogP contribution in [0, 0.1) is 11.2 Å². The van der Waals surface area contributed by atoms with Crippen LogP contribution in [0.5, 0.6) is 5.75 Å². The van der Waals surface area contributed by atoms with Gasteiger partial charge in [-0.05, 0) is 43.2 Å². The van der Waals surface area contributed by atoms with Gasteiger partial charge in [0.2, 0.25) is 10.0 Å². The number of hydrogen-bond acceptors (Lipinski definition) is 4. The Morgan fingerprint density at radius 3 is 2.38 bits per heavy atom. The first-order valence-corrected chi connectivity index (χ1v) is 9.86. The summed E-state index contributed by atoms with van der Waals surface area (Å²) < 4.78 is 82.6. The van der Waals surface area contributed by atoms with Crippen LogP contribution in [-0.4, -0.2) is 33.4 Å². The van der Waals surface area contributed by atoms with E-state index in [1.807, 2.05) is 0 Å². The minimum Gasteiger partial charge on any atom is -0.492 e. The molecule has 10 heteroatoms. The number of ether oxygens (including phenoxy) is 1. The van der Waals surface area contributed by atoms with Crippen LogP contribution in [0.2, 0.25) is 0 Å². The standard InChI is InChI=1S/C16H17F4NO4S/c1-26(23,24)21-14(22)11-6-10(9-2-3-9)13(7-12(11)17)25-8-15(4-5-15)16(18,19)20/h6-7,9H,2-5,8H2,1H3,(H,21,22). The molecule has 0 atom stereocenters. The number of carbonyl (C=O) groups excluding carboxylic acids is 1. The van der Waals surface area contributed by atoms with Gasteiger partial charge in [0, 0.05) is 6.07 Å². The molecule has 0 radical (unpaired) electrons. The number of rotatable bonds is 6. The highest BCUT2D eigenvalue weighted by molar-refractivity contribution is 7.89. The smallest absolute Gasteiger partial charge is 0.397 e. The highest BCUT2D eigenvalue weighted by Crippen LogP contribution is 2.58. The molecule has 5 nitrogen and oxygen atoms in total. The Morgan fingerprint density at radius 1 is 1.31 bits per heavy atom. The van der Waals surface area contributed by atoms with E-state index in [0.717, 1.165) is 31.2 Å². The lowest BCUT2D eigenvalue weighted by molar-refractivity contribution is -0.194. The Bertz CT molecular complexity index is 843. The van der Waals surface area contributed by atoms with Crippen molar-refractivity contribution < 1.29 is 35.5 Å². The van der Waals surface area contributed by atoms with Crippen LogP contribution in [0.1, 0.15) is 47.5 Å². The van der Waals surface area contributed by atoms with Gasteiger partial charge in [-0.1, -0.05) is 0 Å². The van der Waals surface area contributed by atoms with Crippen LogP contribution < -0.4 is 9.46 Å². The van der Waals surface area contributed by atoms with Gasteiger partial charge in [0.1, 0.15) is 23.6 Å². The lowest BCUT2D eigenvalue weighted by atomic mass is 10.0. The van der Waals surface area contributed by atoms with Crippen LogP contribution in [0.15, 0.2) is 12.1 Å². The number of hydrogen-bond donors (Lipinski definition) is 1. The number of sulfonamides is 1. The zero-order chi connectivity index (χ0) is 19.3. The molecular formula is C16H17F4NO4S. The largest absolute Gasteiger partial charge is 0.492 e. The molecule has 2 aliphatic carbocycles. The van der Waals surface area contributed by atoms with Gasteiger partial charge >= 0.3 is 6.18 Å². The molecule has 144 valence electrons. The van der Waals surface area contributed by atoms with E-state index in [1.165, 1.54) is 0 Å². The maximum Gasteiger partial charge on any atom is 0.397 e. The van der Waals surface area contributed by atoms with E-state index in [-0.39, 0.29) is 24.5 Å².